The number of amides is 2. The summed E-state index contributed by atoms with van der Waals surface area (Å²) in [6, 6.07) is 8.61. The summed E-state index contributed by atoms with van der Waals surface area (Å²) in [5.74, 6) is -0.819. The fraction of sp³-hybridized carbons (Fsp3) is 0.348. The average Bonchev–Trinajstić information content (AvgIpc) is 3.35. The zero-order valence-electron chi connectivity index (χ0n) is 18.6. The molecule has 178 valence electrons. The highest BCUT2D eigenvalue weighted by molar-refractivity contribution is 6.08. The second kappa shape index (κ2) is 10.7. The van der Waals surface area contributed by atoms with Crippen molar-refractivity contribution in [2.75, 3.05) is 29.9 Å². The minimum Gasteiger partial charge on any atom is -0.457 e. The van der Waals surface area contributed by atoms with Crippen molar-refractivity contribution in [3.8, 4) is 6.01 Å². The van der Waals surface area contributed by atoms with Gasteiger partial charge in [-0.05, 0) is 24.6 Å². The maximum atomic E-state index is 14.7. The smallest absolute Gasteiger partial charge is 0.316 e. The molecule has 4 rings (SSSR count). The Balaban J connectivity index is 1.38. The number of nitrogens with zero attached hydrogens (tertiary/aromatic N) is 4. The van der Waals surface area contributed by atoms with E-state index in [1.54, 1.807) is 35.2 Å². The molecule has 0 bridgehead atoms. The van der Waals surface area contributed by atoms with E-state index in [9.17, 15) is 14.0 Å². The molecule has 3 heterocycles. The number of carbonyl (C=O) groups is 2. The third kappa shape index (κ3) is 5.48. The molecule has 1 aliphatic heterocycles. The normalized spacial score (nSPS) is 17.8. The van der Waals surface area contributed by atoms with Crippen molar-refractivity contribution >= 4 is 23.5 Å². The molecule has 1 aromatic carbocycles. The summed E-state index contributed by atoms with van der Waals surface area (Å²) < 4.78 is 25.7. The van der Waals surface area contributed by atoms with Crippen LogP contribution < -0.4 is 20.3 Å². The van der Waals surface area contributed by atoms with Crippen LogP contribution in [-0.2, 0) is 0 Å². The molecular weight excluding hydrogens is 443 g/mol. The minimum atomic E-state index is -1.32. The third-order valence-corrected chi connectivity index (χ3v) is 5.23. The van der Waals surface area contributed by atoms with E-state index in [4.69, 9.17) is 9.15 Å². The number of anilines is 2. The second-order valence-electron chi connectivity index (χ2n) is 7.71. The Hall–Kier alpha value is -4.02. The van der Waals surface area contributed by atoms with E-state index >= 15 is 0 Å². The molecule has 1 fully saturated rings. The molecule has 0 spiro atoms. The molecule has 10 nitrogen and oxygen atoms in total. The van der Waals surface area contributed by atoms with Gasteiger partial charge >= 0.3 is 6.01 Å². The van der Waals surface area contributed by atoms with Gasteiger partial charge in [-0.15, -0.1) is 0 Å². The first-order chi connectivity index (χ1) is 16.5. The van der Waals surface area contributed by atoms with E-state index in [1.807, 2.05) is 6.92 Å². The van der Waals surface area contributed by atoms with E-state index in [0.717, 1.165) is 6.42 Å². The molecule has 2 atom stereocenters. The van der Waals surface area contributed by atoms with Crippen LogP contribution in [0.4, 0.5) is 16.1 Å². The van der Waals surface area contributed by atoms with Gasteiger partial charge in [-0.3, -0.25) is 9.59 Å². The second-order valence-corrected chi connectivity index (χ2v) is 7.71. The summed E-state index contributed by atoms with van der Waals surface area (Å²) in [5.41, 5.74) is 0.721. The number of hydrogen-bond donors (Lipinski definition) is 2. The standard InChI is InChI=1S/C23H25FN6O4/c1-2-9-25-20(31)15-6-3-4-7-17(15)28-21(32)18-14-33-23(29-18)30-12-8-19(16(24)13-30)34-22-26-10-5-11-27-22/h3-7,10-11,14,16,19H,2,8-9,12-13H2,1H3,(H,25,31)(H,28,32)/t16-,19+/m0/s1. The molecule has 2 amide bonds. The molecule has 0 aliphatic carbocycles. The van der Waals surface area contributed by atoms with Crippen molar-refractivity contribution in [2.45, 2.75) is 32.0 Å². The lowest BCUT2D eigenvalue weighted by atomic mass is 10.1. The lowest BCUT2D eigenvalue weighted by Gasteiger charge is -2.33. The molecule has 1 aliphatic rings. The lowest BCUT2D eigenvalue weighted by Crippen LogP contribution is -2.47. The predicted octanol–water partition coefficient (Wildman–Crippen LogP) is 2.85. The molecule has 3 aromatic rings. The van der Waals surface area contributed by atoms with Gasteiger partial charge in [-0.2, -0.15) is 4.98 Å². The fourth-order valence-corrected chi connectivity index (χ4v) is 3.50. The van der Waals surface area contributed by atoms with Crippen molar-refractivity contribution < 1.29 is 23.1 Å². The van der Waals surface area contributed by atoms with Crippen LogP contribution in [0.5, 0.6) is 6.01 Å². The van der Waals surface area contributed by atoms with E-state index in [1.165, 1.54) is 18.7 Å². The number of hydrogen-bond acceptors (Lipinski definition) is 8. The van der Waals surface area contributed by atoms with Crippen molar-refractivity contribution in [2.24, 2.45) is 0 Å². The maximum Gasteiger partial charge on any atom is 0.316 e. The van der Waals surface area contributed by atoms with Crippen LogP contribution in [0.1, 0.15) is 40.6 Å². The Morgan fingerprint density at radius 3 is 2.76 bits per heavy atom. The summed E-state index contributed by atoms with van der Waals surface area (Å²) in [5, 5.41) is 5.48. The van der Waals surface area contributed by atoms with Crippen LogP contribution in [0.15, 0.2) is 53.4 Å². The molecule has 0 saturated carbocycles. The molecule has 0 radical (unpaired) electrons. The number of piperidine rings is 1. The van der Waals surface area contributed by atoms with Crippen LogP contribution in [0.2, 0.25) is 0 Å². The fourth-order valence-electron chi connectivity index (χ4n) is 3.50. The highest BCUT2D eigenvalue weighted by Crippen LogP contribution is 2.24. The zero-order chi connectivity index (χ0) is 23.9. The summed E-state index contributed by atoms with van der Waals surface area (Å²) in [6.07, 6.45) is 3.41. The topological polar surface area (TPSA) is 122 Å². The number of ether oxygens (including phenoxy) is 1. The maximum absolute atomic E-state index is 14.7. The quantitative estimate of drug-likeness (QED) is 0.518. The molecule has 0 unspecified atom stereocenters. The number of benzene rings is 1. The Labute approximate surface area is 195 Å². The number of oxazole rings is 1. The number of nitrogens with one attached hydrogen (secondary N) is 2. The van der Waals surface area contributed by atoms with Gasteiger partial charge in [0.15, 0.2) is 11.9 Å². The van der Waals surface area contributed by atoms with Gasteiger partial charge in [0.25, 0.3) is 17.8 Å². The average molecular weight is 468 g/mol. The summed E-state index contributed by atoms with van der Waals surface area (Å²) in [7, 11) is 0. The van der Waals surface area contributed by atoms with E-state index in [2.05, 4.69) is 25.6 Å². The SMILES string of the molecule is CCCNC(=O)c1ccccc1NC(=O)c1coc(N2CC[C@@H](Oc3ncccn3)[C@@H](F)C2)n1. The van der Waals surface area contributed by atoms with Gasteiger partial charge < -0.3 is 24.7 Å². The van der Waals surface area contributed by atoms with Crippen LogP contribution >= 0.6 is 0 Å². The van der Waals surface area contributed by atoms with Gasteiger partial charge in [-0.25, -0.2) is 14.4 Å². The van der Waals surface area contributed by atoms with Crippen LogP contribution in [0, 0.1) is 0 Å². The van der Waals surface area contributed by atoms with E-state index in [0.29, 0.717) is 30.8 Å². The third-order valence-electron chi connectivity index (χ3n) is 5.23. The highest BCUT2D eigenvalue weighted by atomic mass is 19.1. The van der Waals surface area contributed by atoms with Gasteiger partial charge in [-0.1, -0.05) is 19.1 Å². The van der Waals surface area contributed by atoms with Crippen molar-refractivity contribution in [3.63, 3.8) is 0 Å². The number of rotatable bonds is 8. The minimum absolute atomic E-state index is 0.0144. The molecule has 2 aromatic heterocycles. The first-order valence-electron chi connectivity index (χ1n) is 11.0. The predicted molar refractivity (Wildman–Crippen MR) is 122 cm³/mol. The van der Waals surface area contributed by atoms with Gasteiger partial charge in [0, 0.05) is 31.9 Å². The number of para-hydroxylation sites is 1. The van der Waals surface area contributed by atoms with E-state index < -0.39 is 18.2 Å². The Morgan fingerprint density at radius 1 is 1.21 bits per heavy atom. The van der Waals surface area contributed by atoms with Crippen LogP contribution in [0.3, 0.4) is 0 Å². The monoisotopic (exact) mass is 468 g/mol. The Morgan fingerprint density at radius 2 is 2.00 bits per heavy atom. The number of aromatic nitrogens is 3. The van der Waals surface area contributed by atoms with Gasteiger partial charge in [0.2, 0.25) is 0 Å². The molecule has 34 heavy (non-hydrogen) atoms. The molecule has 11 heteroatoms. The van der Waals surface area contributed by atoms with E-state index in [-0.39, 0.29) is 30.2 Å². The molecular formula is C23H25FN6O4. The van der Waals surface area contributed by atoms with Crippen molar-refractivity contribution in [1.82, 2.24) is 20.3 Å². The molecule has 1 saturated heterocycles. The largest absolute Gasteiger partial charge is 0.457 e. The van der Waals surface area contributed by atoms with Crippen LogP contribution in [-0.4, -0.2) is 58.7 Å². The highest BCUT2D eigenvalue weighted by Gasteiger charge is 2.33. The lowest BCUT2D eigenvalue weighted by molar-refractivity contribution is 0.0723. The first-order valence-corrected chi connectivity index (χ1v) is 11.0. The molecule has 2 N–H and O–H groups in total. The summed E-state index contributed by atoms with van der Waals surface area (Å²) in [6.45, 7) is 2.89. The van der Waals surface area contributed by atoms with Crippen molar-refractivity contribution in [3.05, 3.63) is 60.2 Å². The van der Waals surface area contributed by atoms with Gasteiger partial charge in [0.05, 0.1) is 17.8 Å². The number of halogens is 1. The Kier molecular flexibility index (Phi) is 7.31. The Bertz CT molecular complexity index is 1130. The number of alkyl halides is 1. The zero-order valence-corrected chi connectivity index (χ0v) is 18.6. The van der Waals surface area contributed by atoms with Gasteiger partial charge in [0.1, 0.15) is 12.4 Å². The first kappa shape index (κ1) is 23.1. The van der Waals surface area contributed by atoms with Crippen LogP contribution in [0.25, 0.3) is 0 Å². The summed E-state index contributed by atoms with van der Waals surface area (Å²) >= 11 is 0. The number of carbonyl (C=O) groups excluding carboxylic acids is 2. The van der Waals surface area contributed by atoms with Crippen molar-refractivity contribution in [1.29, 1.82) is 0 Å². The summed E-state index contributed by atoms with van der Waals surface area (Å²) in [4.78, 5) is 38.8.